The molecular weight excluding hydrogens is 299 g/mol. The third-order valence-electron chi connectivity index (χ3n) is 2.83. The van der Waals surface area contributed by atoms with Crippen LogP contribution in [-0.4, -0.2) is 23.1 Å². The Kier molecular flexibility index (Phi) is 4.47. The Hall–Kier alpha value is -1.78. The Morgan fingerprint density at radius 1 is 1.30 bits per heavy atom. The van der Waals surface area contributed by atoms with Crippen LogP contribution >= 0.6 is 23.2 Å². The van der Waals surface area contributed by atoms with E-state index in [1.165, 1.54) is 6.07 Å². The average Bonchev–Trinajstić information content (AvgIpc) is 2.38. The van der Waals surface area contributed by atoms with Gasteiger partial charge in [0.2, 0.25) is 5.91 Å². The van der Waals surface area contributed by atoms with Crippen LogP contribution in [0.3, 0.4) is 0 Å². The lowest BCUT2D eigenvalue weighted by molar-refractivity contribution is -0.114. The molecule has 104 valence electrons. The van der Waals surface area contributed by atoms with Gasteiger partial charge in [-0.25, -0.2) is 0 Å². The summed E-state index contributed by atoms with van der Waals surface area (Å²) in [5.41, 5.74) is 6.08. The molecule has 0 fully saturated rings. The average molecular weight is 311 g/mol. The van der Waals surface area contributed by atoms with Gasteiger partial charge in [-0.15, -0.1) is 0 Å². The van der Waals surface area contributed by atoms with Crippen LogP contribution in [0.5, 0.6) is 0 Å². The van der Waals surface area contributed by atoms with Gasteiger partial charge in [-0.2, -0.15) is 0 Å². The summed E-state index contributed by atoms with van der Waals surface area (Å²) in [7, 11) is 0. The van der Waals surface area contributed by atoms with Crippen LogP contribution in [0.25, 0.3) is 0 Å². The van der Waals surface area contributed by atoms with E-state index in [0.29, 0.717) is 27.6 Å². The number of primary amides is 1. The Balaban J connectivity index is 2.13. The second kappa shape index (κ2) is 6.11. The lowest BCUT2D eigenvalue weighted by atomic mass is 10.1. The fourth-order valence-electron chi connectivity index (χ4n) is 1.84. The number of nitrogens with two attached hydrogens (primary N) is 1. The standard InChI is InChI=1S/C14H12Cl2N2O2/c15-10-3-4-11(12(16)6-10)13(19)8-18-5-1-2-9(7-18)14(17)20/h1,3-7H,2,8H2,(H2,17,20). The van der Waals surface area contributed by atoms with Crippen molar-refractivity contribution in [2.24, 2.45) is 5.73 Å². The molecule has 1 aliphatic rings. The molecule has 0 saturated carbocycles. The van der Waals surface area contributed by atoms with E-state index >= 15 is 0 Å². The highest BCUT2D eigenvalue weighted by molar-refractivity contribution is 6.36. The van der Waals surface area contributed by atoms with E-state index in [4.69, 9.17) is 28.9 Å². The molecule has 0 saturated heterocycles. The number of halogens is 2. The van der Waals surface area contributed by atoms with Gasteiger partial charge in [-0.05, 0) is 24.6 Å². The van der Waals surface area contributed by atoms with E-state index < -0.39 is 5.91 Å². The number of nitrogens with zero attached hydrogens (tertiary/aromatic N) is 1. The molecule has 1 aromatic rings. The van der Waals surface area contributed by atoms with Gasteiger partial charge in [0.1, 0.15) is 0 Å². The van der Waals surface area contributed by atoms with Gasteiger partial charge in [0.15, 0.2) is 5.78 Å². The van der Waals surface area contributed by atoms with Crippen LogP contribution in [0.1, 0.15) is 16.8 Å². The number of carbonyl (C=O) groups is 2. The molecule has 1 amide bonds. The number of benzene rings is 1. The zero-order valence-corrected chi connectivity index (χ0v) is 12.0. The van der Waals surface area contributed by atoms with Crippen molar-refractivity contribution in [3.05, 3.63) is 57.9 Å². The van der Waals surface area contributed by atoms with Crippen molar-refractivity contribution in [3.8, 4) is 0 Å². The monoisotopic (exact) mass is 310 g/mol. The third-order valence-corrected chi connectivity index (χ3v) is 3.38. The van der Waals surface area contributed by atoms with Crippen LogP contribution < -0.4 is 5.73 Å². The normalized spacial score (nSPS) is 14.1. The maximum atomic E-state index is 12.2. The molecule has 0 aliphatic carbocycles. The van der Waals surface area contributed by atoms with Gasteiger partial charge < -0.3 is 10.6 Å². The van der Waals surface area contributed by atoms with Crippen molar-refractivity contribution < 1.29 is 9.59 Å². The van der Waals surface area contributed by atoms with Crippen LogP contribution in [0.15, 0.2) is 42.2 Å². The smallest absolute Gasteiger partial charge is 0.246 e. The molecule has 2 rings (SSSR count). The summed E-state index contributed by atoms with van der Waals surface area (Å²) in [5.74, 6) is -0.658. The topological polar surface area (TPSA) is 63.4 Å². The molecule has 4 nitrogen and oxygen atoms in total. The number of Topliss-reactive ketones (excluding diaryl/α,β-unsaturated/α-hetero) is 1. The Morgan fingerprint density at radius 2 is 2.05 bits per heavy atom. The Bertz CT molecular complexity index is 624. The SMILES string of the molecule is NC(=O)C1=CN(CC(=O)c2ccc(Cl)cc2Cl)C=CC1. The Morgan fingerprint density at radius 3 is 2.70 bits per heavy atom. The largest absolute Gasteiger partial charge is 0.366 e. The van der Waals surface area contributed by atoms with E-state index in [0.717, 1.165) is 0 Å². The first-order valence-corrected chi connectivity index (χ1v) is 6.64. The summed E-state index contributed by atoms with van der Waals surface area (Å²) in [5, 5.41) is 0.780. The van der Waals surface area contributed by atoms with E-state index in [-0.39, 0.29) is 12.3 Å². The fourth-order valence-corrected chi connectivity index (χ4v) is 2.35. The molecule has 0 atom stereocenters. The summed E-state index contributed by atoms with van der Waals surface area (Å²) < 4.78 is 0. The zero-order valence-electron chi connectivity index (χ0n) is 10.5. The van der Waals surface area contributed by atoms with Crippen molar-refractivity contribution in [1.29, 1.82) is 0 Å². The van der Waals surface area contributed by atoms with Crippen molar-refractivity contribution in [3.63, 3.8) is 0 Å². The number of allylic oxidation sites excluding steroid dienone is 1. The number of rotatable bonds is 4. The summed E-state index contributed by atoms with van der Waals surface area (Å²) in [6.07, 6.45) is 5.55. The van der Waals surface area contributed by atoms with Crippen molar-refractivity contribution in [1.82, 2.24) is 4.90 Å². The van der Waals surface area contributed by atoms with Gasteiger partial charge in [0.25, 0.3) is 0 Å². The number of amides is 1. The summed E-state index contributed by atoms with van der Waals surface area (Å²) in [4.78, 5) is 24.9. The quantitative estimate of drug-likeness (QED) is 0.870. The third kappa shape index (κ3) is 3.40. The predicted octanol–water partition coefficient (Wildman–Crippen LogP) is 2.76. The van der Waals surface area contributed by atoms with Gasteiger partial charge in [-0.3, -0.25) is 9.59 Å². The number of ketones is 1. The lowest BCUT2D eigenvalue weighted by Crippen LogP contribution is -2.25. The summed E-state index contributed by atoms with van der Waals surface area (Å²) in [6, 6.07) is 4.71. The molecule has 2 N–H and O–H groups in total. The first-order valence-electron chi connectivity index (χ1n) is 5.88. The predicted molar refractivity (Wildman–Crippen MR) is 78.5 cm³/mol. The Labute approximate surface area is 126 Å². The molecule has 0 bridgehead atoms. The van der Waals surface area contributed by atoms with Crippen LogP contribution in [0, 0.1) is 0 Å². The zero-order chi connectivity index (χ0) is 14.7. The summed E-state index contributed by atoms with van der Waals surface area (Å²) in [6.45, 7) is 0.0780. The van der Waals surface area contributed by atoms with Crippen molar-refractivity contribution in [2.75, 3.05) is 6.54 Å². The first-order chi connectivity index (χ1) is 9.47. The highest BCUT2D eigenvalue weighted by Crippen LogP contribution is 2.22. The van der Waals surface area contributed by atoms with Gasteiger partial charge >= 0.3 is 0 Å². The van der Waals surface area contributed by atoms with Crippen LogP contribution in [0.4, 0.5) is 0 Å². The molecule has 0 spiro atoms. The minimum atomic E-state index is -0.490. The lowest BCUT2D eigenvalue weighted by Gasteiger charge is -2.19. The first kappa shape index (κ1) is 14.6. The van der Waals surface area contributed by atoms with Crippen molar-refractivity contribution in [2.45, 2.75) is 6.42 Å². The molecule has 6 heteroatoms. The molecule has 0 radical (unpaired) electrons. The number of hydrogen-bond donors (Lipinski definition) is 1. The second-order valence-electron chi connectivity index (χ2n) is 4.33. The van der Waals surface area contributed by atoms with E-state index in [9.17, 15) is 9.59 Å². The molecular formula is C14H12Cl2N2O2. The van der Waals surface area contributed by atoms with E-state index in [1.54, 1.807) is 35.5 Å². The van der Waals surface area contributed by atoms with E-state index in [2.05, 4.69) is 0 Å². The number of hydrogen-bond acceptors (Lipinski definition) is 3. The molecule has 1 aromatic carbocycles. The molecule has 0 aromatic heterocycles. The minimum Gasteiger partial charge on any atom is -0.366 e. The highest BCUT2D eigenvalue weighted by atomic mass is 35.5. The second-order valence-corrected chi connectivity index (χ2v) is 5.17. The molecule has 1 heterocycles. The maximum absolute atomic E-state index is 12.2. The summed E-state index contributed by atoms with van der Waals surface area (Å²) >= 11 is 11.8. The van der Waals surface area contributed by atoms with Gasteiger partial charge in [-0.1, -0.05) is 29.3 Å². The highest BCUT2D eigenvalue weighted by Gasteiger charge is 2.16. The minimum absolute atomic E-state index is 0.0780. The molecule has 1 aliphatic heterocycles. The maximum Gasteiger partial charge on any atom is 0.246 e. The molecule has 0 unspecified atom stereocenters. The van der Waals surface area contributed by atoms with Crippen molar-refractivity contribution >= 4 is 34.9 Å². The van der Waals surface area contributed by atoms with Crippen LogP contribution in [0.2, 0.25) is 10.0 Å². The fraction of sp³-hybridized carbons (Fsp3) is 0.143. The number of carbonyl (C=O) groups excluding carboxylic acids is 2. The van der Waals surface area contributed by atoms with Gasteiger partial charge in [0, 0.05) is 28.6 Å². The molecule has 20 heavy (non-hydrogen) atoms. The van der Waals surface area contributed by atoms with Crippen LogP contribution in [-0.2, 0) is 4.79 Å². The van der Waals surface area contributed by atoms with E-state index in [1.807, 2.05) is 0 Å². The van der Waals surface area contributed by atoms with Gasteiger partial charge in [0.05, 0.1) is 11.6 Å².